The van der Waals surface area contributed by atoms with Crippen molar-refractivity contribution >= 4 is 46.2 Å². The summed E-state index contributed by atoms with van der Waals surface area (Å²) in [6.45, 7) is 3.77. The molecule has 164 valence electrons. The highest BCUT2D eigenvalue weighted by atomic mass is 35.5. The van der Waals surface area contributed by atoms with Crippen molar-refractivity contribution in [3.05, 3.63) is 88.4 Å². The van der Waals surface area contributed by atoms with Crippen LogP contribution in [0.25, 0.3) is 0 Å². The summed E-state index contributed by atoms with van der Waals surface area (Å²) >= 11 is 12.2. The lowest BCUT2D eigenvalue weighted by molar-refractivity contribution is -0.148. The molecule has 0 saturated carbocycles. The molecule has 3 rings (SSSR count). The Morgan fingerprint density at radius 1 is 0.969 bits per heavy atom. The first-order chi connectivity index (χ1) is 15.4. The summed E-state index contributed by atoms with van der Waals surface area (Å²) < 4.78 is 5.59. The quantitative estimate of drug-likeness (QED) is 0.349. The summed E-state index contributed by atoms with van der Waals surface area (Å²) in [6.07, 6.45) is -1.05. The number of nitrogens with one attached hydrogen (secondary N) is 2. The number of carbonyl (C=O) groups excluding carboxylic acids is 1. The van der Waals surface area contributed by atoms with Crippen LogP contribution < -0.4 is 10.6 Å². The molecule has 0 amide bonds. The first-order valence-corrected chi connectivity index (χ1v) is 10.9. The number of hydrogen-bond acceptors (Lipinski definition) is 5. The van der Waals surface area contributed by atoms with Gasteiger partial charge in [0.05, 0.1) is 10.7 Å². The maximum absolute atomic E-state index is 13.0. The SMILES string of the molecule is CC(C)C(Nc1ccc(Cl)cc1Cl)C(=O)OC(C#N)c1cccc(Nc2ccccc2)c1. The van der Waals surface area contributed by atoms with E-state index < -0.39 is 18.1 Å². The van der Waals surface area contributed by atoms with Crippen molar-refractivity contribution in [3.63, 3.8) is 0 Å². The molecule has 2 unspecified atom stereocenters. The molecule has 0 aromatic heterocycles. The Morgan fingerprint density at radius 2 is 1.69 bits per heavy atom. The van der Waals surface area contributed by atoms with Gasteiger partial charge in [-0.15, -0.1) is 0 Å². The number of halogens is 2. The van der Waals surface area contributed by atoms with Crippen LogP contribution >= 0.6 is 23.2 Å². The molecule has 7 heteroatoms. The topological polar surface area (TPSA) is 74.1 Å². The lowest BCUT2D eigenvalue weighted by Crippen LogP contribution is -2.36. The van der Waals surface area contributed by atoms with Crippen LogP contribution in [0, 0.1) is 17.2 Å². The minimum Gasteiger partial charge on any atom is -0.440 e. The second-order valence-corrected chi connectivity index (χ2v) is 8.40. The number of nitriles is 1. The van der Waals surface area contributed by atoms with Gasteiger partial charge in [0.2, 0.25) is 6.10 Å². The first-order valence-electron chi connectivity index (χ1n) is 10.1. The van der Waals surface area contributed by atoms with E-state index >= 15 is 0 Å². The Balaban J connectivity index is 1.75. The van der Waals surface area contributed by atoms with Gasteiger partial charge in [-0.25, -0.2) is 4.79 Å². The van der Waals surface area contributed by atoms with E-state index in [-0.39, 0.29) is 5.92 Å². The Kier molecular flexibility index (Phi) is 7.99. The molecule has 0 spiro atoms. The fourth-order valence-corrected chi connectivity index (χ4v) is 3.56. The summed E-state index contributed by atoms with van der Waals surface area (Å²) in [4.78, 5) is 13.0. The van der Waals surface area contributed by atoms with Gasteiger partial charge < -0.3 is 15.4 Å². The van der Waals surface area contributed by atoms with Crippen LogP contribution in [0.2, 0.25) is 10.0 Å². The number of benzene rings is 3. The molecule has 0 bridgehead atoms. The number of ether oxygens (including phenoxy) is 1. The number of esters is 1. The second kappa shape index (κ2) is 10.9. The zero-order valence-corrected chi connectivity index (χ0v) is 19.2. The molecule has 0 heterocycles. The minimum atomic E-state index is -1.05. The highest BCUT2D eigenvalue weighted by molar-refractivity contribution is 6.36. The van der Waals surface area contributed by atoms with Gasteiger partial charge in [0, 0.05) is 22.0 Å². The Bertz CT molecular complexity index is 1110. The molecule has 0 radical (unpaired) electrons. The predicted molar refractivity (Wildman–Crippen MR) is 129 cm³/mol. The van der Waals surface area contributed by atoms with E-state index in [4.69, 9.17) is 27.9 Å². The number of rotatable bonds is 8. The van der Waals surface area contributed by atoms with Crippen molar-refractivity contribution in [2.45, 2.75) is 26.0 Å². The fourth-order valence-electron chi connectivity index (χ4n) is 3.10. The van der Waals surface area contributed by atoms with E-state index in [9.17, 15) is 10.1 Å². The van der Waals surface area contributed by atoms with Gasteiger partial charge in [0.25, 0.3) is 0 Å². The molecule has 2 atom stereocenters. The highest BCUT2D eigenvalue weighted by Crippen LogP contribution is 2.28. The average molecular weight is 468 g/mol. The third kappa shape index (κ3) is 6.16. The molecular weight excluding hydrogens is 445 g/mol. The van der Waals surface area contributed by atoms with E-state index in [2.05, 4.69) is 16.7 Å². The largest absolute Gasteiger partial charge is 0.440 e. The van der Waals surface area contributed by atoms with Crippen LogP contribution in [0.3, 0.4) is 0 Å². The van der Waals surface area contributed by atoms with Gasteiger partial charge >= 0.3 is 5.97 Å². The second-order valence-electron chi connectivity index (χ2n) is 7.55. The van der Waals surface area contributed by atoms with Crippen LogP contribution in [-0.4, -0.2) is 12.0 Å². The van der Waals surface area contributed by atoms with Crippen molar-refractivity contribution in [3.8, 4) is 6.07 Å². The van der Waals surface area contributed by atoms with Gasteiger partial charge in [-0.1, -0.05) is 67.4 Å². The van der Waals surface area contributed by atoms with Crippen molar-refractivity contribution < 1.29 is 9.53 Å². The summed E-state index contributed by atoms with van der Waals surface area (Å²) in [5.74, 6) is -0.654. The maximum atomic E-state index is 13.0. The van der Waals surface area contributed by atoms with Crippen LogP contribution in [0.1, 0.15) is 25.5 Å². The molecule has 32 heavy (non-hydrogen) atoms. The molecule has 3 aromatic carbocycles. The zero-order valence-electron chi connectivity index (χ0n) is 17.7. The van der Waals surface area contributed by atoms with E-state index in [0.717, 1.165) is 11.4 Å². The molecule has 2 N–H and O–H groups in total. The van der Waals surface area contributed by atoms with E-state index in [1.807, 2.05) is 56.3 Å². The van der Waals surface area contributed by atoms with E-state index in [0.29, 0.717) is 21.3 Å². The van der Waals surface area contributed by atoms with Crippen molar-refractivity contribution in [1.82, 2.24) is 0 Å². The summed E-state index contributed by atoms with van der Waals surface area (Å²) in [5.41, 5.74) is 2.85. The number of carbonyl (C=O) groups is 1. The third-order valence-electron chi connectivity index (χ3n) is 4.77. The molecule has 3 aromatic rings. The minimum absolute atomic E-state index is 0.111. The van der Waals surface area contributed by atoms with Gasteiger partial charge in [0.1, 0.15) is 12.1 Å². The zero-order chi connectivity index (χ0) is 23.1. The van der Waals surface area contributed by atoms with Crippen LogP contribution in [0.15, 0.2) is 72.8 Å². The fraction of sp³-hybridized carbons (Fsp3) is 0.200. The van der Waals surface area contributed by atoms with Gasteiger partial charge in [-0.3, -0.25) is 0 Å². The van der Waals surface area contributed by atoms with Gasteiger partial charge in [-0.2, -0.15) is 5.26 Å². The Hall–Kier alpha value is -3.20. The molecule has 0 aliphatic rings. The Morgan fingerprint density at radius 3 is 2.34 bits per heavy atom. The monoisotopic (exact) mass is 467 g/mol. The predicted octanol–water partition coefficient (Wildman–Crippen LogP) is 6.98. The van der Waals surface area contributed by atoms with Crippen molar-refractivity contribution in [1.29, 1.82) is 5.26 Å². The highest BCUT2D eigenvalue weighted by Gasteiger charge is 2.28. The average Bonchev–Trinajstić information content (AvgIpc) is 2.77. The molecule has 0 fully saturated rings. The van der Waals surface area contributed by atoms with E-state index in [1.54, 1.807) is 30.3 Å². The van der Waals surface area contributed by atoms with Gasteiger partial charge in [0.15, 0.2) is 0 Å². The number of nitrogens with zero attached hydrogens (tertiary/aromatic N) is 1. The normalized spacial score (nSPS) is 12.5. The molecule has 0 aliphatic carbocycles. The van der Waals surface area contributed by atoms with Gasteiger partial charge in [-0.05, 0) is 48.4 Å². The van der Waals surface area contributed by atoms with Crippen LogP contribution in [0.4, 0.5) is 17.1 Å². The Labute approximate surface area is 197 Å². The van der Waals surface area contributed by atoms with Crippen molar-refractivity contribution in [2.75, 3.05) is 10.6 Å². The molecule has 5 nitrogen and oxygen atoms in total. The maximum Gasteiger partial charge on any atom is 0.330 e. The van der Waals surface area contributed by atoms with Crippen molar-refractivity contribution in [2.24, 2.45) is 5.92 Å². The first kappa shape index (κ1) is 23.5. The third-order valence-corrected chi connectivity index (χ3v) is 5.31. The molecular formula is C25H23Cl2N3O2. The number of hydrogen-bond donors (Lipinski definition) is 2. The molecule has 0 saturated heterocycles. The summed E-state index contributed by atoms with van der Waals surface area (Å²) in [5, 5.41) is 17.0. The lowest BCUT2D eigenvalue weighted by Gasteiger charge is -2.24. The standard InChI is InChI=1S/C25H23Cl2N3O2/c1-16(2)24(30-22-12-11-18(26)14-21(22)27)25(31)32-23(15-28)17-7-6-10-20(13-17)29-19-8-4-3-5-9-19/h3-14,16,23-24,29-30H,1-2H3. The van der Waals surface area contributed by atoms with Crippen LogP contribution in [0.5, 0.6) is 0 Å². The number of anilines is 3. The lowest BCUT2D eigenvalue weighted by atomic mass is 10.0. The van der Waals surface area contributed by atoms with Crippen LogP contribution in [-0.2, 0) is 9.53 Å². The smallest absolute Gasteiger partial charge is 0.330 e. The summed E-state index contributed by atoms with van der Waals surface area (Å²) in [6, 6.07) is 23.3. The number of para-hydroxylation sites is 1. The summed E-state index contributed by atoms with van der Waals surface area (Å²) in [7, 11) is 0. The molecule has 0 aliphatic heterocycles. The van der Waals surface area contributed by atoms with E-state index in [1.165, 1.54) is 0 Å².